The summed E-state index contributed by atoms with van der Waals surface area (Å²) in [6.07, 6.45) is 0. The van der Waals surface area contributed by atoms with Gasteiger partial charge in [0.05, 0.1) is 16.7 Å². The van der Waals surface area contributed by atoms with Gasteiger partial charge in [-0.3, -0.25) is 4.57 Å². The third-order valence-corrected chi connectivity index (χ3v) is 4.40. The Balaban J connectivity index is 2.36. The summed E-state index contributed by atoms with van der Waals surface area (Å²) in [5.74, 6) is 0. The highest BCUT2D eigenvalue weighted by molar-refractivity contribution is 9.11. The lowest BCUT2D eigenvalue weighted by molar-refractivity contribution is 1.06. The van der Waals surface area contributed by atoms with E-state index in [1.807, 2.05) is 22.8 Å². The van der Waals surface area contributed by atoms with E-state index in [4.69, 9.17) is 12.2 Å². The number of benzene rings is 2. The summed E-state index contributed by atoms with van der Waals surface area (Å²) in [6.45, 7) is 2.07. The molecule has 1 aromatic heterocycles. The summed E-state index contributed by atoms with van der Waals surface area (Å²) in [5.41, 5.74) is 4.38. The third kappa shape index (κ3) is 2.30. The van der Waals surface area contributed by atoms with E-state index < -0.39 is 0 Å². The van der Waals surface area contributed by atoms with Gasteiger partial charge in [-0.25, -0.2) is 0 Å². The maximum absolute atomic E-state index is 5.45. The summed E-state index contributed by atoms with van der Waals surface area (Å²) in [4.78, 5) is 3.25. The van der Waals surface area contributed by atoms with E-state index in [1.54, 1.807) is 0 Å². The van der Waals surface area contributed by atoms with Crippen LogP contribution in [0.3, 0.4) is 0 Å². The number of nitrogens with zero attached hydrogens (tertiary/aromatic N) is 1. The average molecular weight is 398 g/mol. The maximum atomic E-state index is 5.45. The van der Waals surface area contributed by atoms with Crippen molar-refractivity contribution in [2.24, 2.45) is 0 Å². The molecule has 3 rings (SSSR count). The average Bonchev–Trinajstić information content (AvgIpc) is 2.65. The number of aromatic amines is 1. The number of aryl methyl sites for hydroxylation is 1. The second-order valence-corrected chi connectivity index (χ2v) is 6.54. The van der Waals surface area contributed by atoms with Crippen molar-refractivity contribution in [3.8, 4) is 5.69 Å². The minimum Gasteiger partial charge on any atom is -0.330 e. The van der Waals surface area contributed by atoms with Crippen molar-refractivity contribution in [1.82, 2.24) is 9.55 Å². The lowest BCUT2D eigenvalue weighted by Gasteiger charge is -2.07. The molecule has 0 spiro atoms. The summed E-state index contributed by atoms with van der Waals surface area (Å²) >= 11 is 12.5. The van der Waals surface area contributed by atoms with Crippen LogP contribution in [0.15, 0.2) is 45.3 Å². The maximum Gasteiger partial charge on any atom is 0.182 e. The molecule has 0 saturated heterocycles. The Morgan fingerprint density at radius 3 is 2.63 bits per heavy atom. The first kappa shape index (κ1) is 13.1. The monoisotopic (exact) mass is 396 g/mol. The largest absolute Gasteiger partial charge is 0.330 e. The van der Waals surface area contributed by atoms with Crippen molar-refractivity contribution < 1.29 is 0 Å². The van der Waals surface area contributed by atoms with Crippen molar-refractivity contribution in [3.05, 3.63) is 55.7 Å². The molecule has 3 aromatic rings. The zero-order valence-corrected chi connectivity index (χ0v) is 14.1. The van der Waals surface area contributed by atoms with Crippen molar-refractivity contribution in [2.75, 3.05) is 0 Å². The number of halogens is 2. The molecule has 0 aliphatic rings. The quantitative estimate of drug-likeness (QED) is 0.536. The highest BCUT2D eigenvalue weighted by Gasteiger charge is 2.09. The van der Waals surface area contributed by atoms with E-state index in [-0.39, 0.29) is 0 Å². The van der Waals surface area contributed by atoms with Crippen LogP contribution in [-0.4, -0.2) is 9.55 Å². The molecule has 1 heterocycles. The Labute approximate surface area is 132 Å². The predicted octanol–water partition coefficient (Wildman–Crippen LogP) is 5.52. The smallest absolute Gasteiger partial charge is 0.182 e. The zero-order valence-electron chi connectivity index (χ0n) is 10.1. The van der Waals surface area contributed by atoms with Crippen LogP contribution in [0.1, 0.15) is 5.56 Å². The molecule has 0 amide bonds. The molecule has 0 aliphatic heterocycles. The SMILES string of the molecule is Cc1ccc2c(c1)[nH]c(=S)n2-c1ccc(Br)cc1Br. The molecule has 2 aromatic carbocycles. The van der Waals surface area contributed by atoms with E-state index >= 15 is 0 Å². The van der Waals surface area contributed by atoms with Gasteiger partial charge in [0.25, 0.3) is 0 Å². The van der Waals surface area contributed by atoms with E-state index in [2.05, 4.69) is 62.0 Å². The summed E-state index contributed by atoms with van der Waals surface area (Å²) in [6, 6.07) is 12.4. The molecular weight excluding hydrogens is 388 g/mol. The standard InChI is InChI=1S/C14H10Br2N2S/c1-8-2-4-13-11(6-8)17-14(19)18(13)12-5-3-9(15)7-10(12)16/h2-7H,1H3,(H,17,19). The van der Waals surface area contributed by atoms with Gasteiger partial charge < -0.3 is 4.98 Å². The molecule has 0 atom stereocenters. The fourth-order valence-electron chi connectivity index (χ4n) is 2.13. The Morgan fingerprint density at radius 2 is 1.89 bits per heavy atom. The van der Waals surface area contributed by atoms with Gasteiger partial charge in [0.15, 0.2) is 4.77 Å². The number of fused-ring (bicyclic) bond motifs is 1. The van der Waals surface area contributed by atoms with Gasteiger partial charge in [0.2, 0.25) is 0 Å². The fraction of sp³-hybridized carbons (Fsp3) is 0.0714. The van der Waals surface area contributed by atoms with Crippen molar-refractivity contribution in [1.29, 1.82) is 0 Å². The van der Waals surface area contributed by atoms with Crippen LogP contribution in [0.2, 0.25) is 0 Å². The predicted molar refractivity (Wildman–Crippen MR) is 88.6 cm³/mol. The van der Waals surface area contributed by atoms with E-state index in [0.717, 1.165) is 25.7 Å². The van der Waals surface area contributed by atoms with Gasteiger partial charge in [-0.1, -0.05) is 22.0 Å². The molecule has 96 valence electrons. The van der Waals surface area contributed by atoms with Crippen molar-refractivity contribution >= 4 is 55.1 Å². The van der Waals surface area contributed by atoms with Crippen molar-refractivity contribution in [2.45, 2.75) is 6.92 Å². The van der Waals surface area contributed by atoms with E-state index in [1.165, 1.54) is 5.56 Å². The molecule has 0 saturated carbocycles. The van der Waals surface area contributed by atoms with Gasteiger partial charge in [0.1, 0.15) is 0 Å². The van der Waals surface area contributed by atoms with Crippen LogP contribution < -0.4 is 0 Å². The Kier molecular flexibility index (Phi) is 3.37. The Hall–Kier alpha value is -0.910. The fourth-order valence-corrected chi connectivity index (χ4v) is 3.66. The highest BCUT2D eigenvalue weighted by atomic mass is 79.9. The molecule has 19 heavy (non-hydrogen) atoms. The molecular formula is C14H10Br2N2S. The molecule has 0 bridgehead atoms. The lowest BCUT2D eigenvalue weighted by atomic mass is 10.2. The van der Waals surface area contributed by atoms with Crippen LogP contribution in [0.5, 0.6) is 0 Å². The van der Waals surface area contributed by atoms with Gasteiger partial charge >= 0.3 is 0 Å². The molecule has 1 N–H and O–H groups in total. The molecule has 0 fully saturated rings. The summed E-state index contributed by atoms with van der Waals surface area (Å²) in [5, 5.41) is 0. The van der Waals surface area contributed by atoms with Gasteiger partial charge in [-0.2, -0.15) is 0 Å². The lowest BCUT2D eigenvalue weighted by Crippen LogP contribution is -1.95. The van der Waals surface area contributed by atoms with Crippen LogP contribution >= 0.6 is 44.1 Å². The number of H-pyrrole nitrogens is 1. The molecule has 0 aliphatic carbocycles. The number of hydrogen-bond donors (Lipinski definition) is 1. The minimum absolute atomic E-state index is 0.698. The number of imidazole rings is 1. The van der Waals surface area contributed by atoms with Gasteiger partial charge in [0, 0.05) is 8.95 Å². The van der Waals surface area contributed by atoms with Crippen LogP contribution in [0.25, 0.3) is 16.7 Å². The normalized spacial score (nSPS) is 11.1. The second kappa shape index (κ2) is 4.89. The molecule has 0 radical (unpaired) electrons. The van der Waals surface area contributed by atoms with Crippen molar-refractivity contribution in [3.63, 3.8) is 0 Å². The molecule has 0 unspecified atom stereocenters. The number of rotatable bonds is 1. The number of nitrogens with one attached hydrogen (secondary N) is 1. The first-order chi connectivity index (χ1) is 9.06. The van der Waals surface area contributed by atoms with E-state index in [9.17, 15) is 0 Å². The zero-order chi connectivity index (χ0) is 13.6. The first-order valence-electron chi connectivity index (χ1n) is 5.73. The summed E-state index contributed by atoms with van der Waals surface area (Å²) < 4.78 is 4.77. The number of hydrogen-bond acceptors (Lipinski definition) is 1. The molecule has 2 nitrogen and oxygen atoms in total. The number of aromatic nitrogens is 2. The third-order valence-electron chi connectivity index (χ3n) is 2.99. The van der Waals surface area contributed by atoms with Crippen LogP contribution in [0, 0.1) is 11.7 Å². The van der Waals surface area contributed by atoms with Gasteiger partial charge in [-0.05, 0) is 71.0 Å². The van der Waals surface area contributed by atoms with Gasteiger partial charge in [-0.15, -0.1) is 0 Å². The minimum atomic E-state index is 0.698. The Morgan fingerprint density at radius 1 is 1.11 bits per heavy atom. The topological polar surface area (TPSA) is 20.7 Å². The highest BCUT2D eigenvalue weighted by Crippen LogP contribution is 2.28. The van der Waals surface area contributed by atoms with E-state index in [0.29, 0.717) is 4.77 Å². The first-order valence-corrected chi connectivity index (χ1v) is 7.72. The van der Waals surface area contributed by atoms with Crippen LogP contribution in [0.4, 0.5) is 0 Å². The van der Waals surface area contributed by atoms with Crippen LogP contribution in [-0.2, 0) is 0 Å². The molecule has 5 heteroatoms. The summed E-state index contributed by atoms with van der Waals surface area (Å²) in [7, 11) is 0. The Bertz CT molecular complexity index is 833. The second-order valence-electron chi connectivity index (χ2n) is 4.38.